The molecule has 1 radical (unpaired) electrons. The molecule has 3 aromatic rings. The fraction of sp³-hybridized carbons (Fsp3) is 0.200. The van der Waals surface area contributed by atoms with Crippen LogP contribution in [0.1, 0.15) is 33.8 Å². The van der Waals surface area contributed by atoms with Gasteiger partial charge in [-0.2, -0.15) is 0 Å². The number of carbonyl (C=O) groups excluding carboxylic acids is 1. The van der Waals surface area contributed by atoms with Gasteiger partial charge in [0, 0.05) is 68.6 Å². The molecule has 8 heteroatoms. The van der Waals surface area contributed by atoms with Crippen molar-refractivity contribution in [3.05, 3.63) is 95.6 Å². The SMILES string of the molecule is COc1ccc(C2O[C@@H](C(=O)O)[C@H](c3ccccc3)N2C(=O)c2ccccc2)c(OC)c1.[K]. The summed E-state index contributed by atoms with van der Waals surface area (Å²) in [6, 6.07) is 22.1. The van der Waals surface area contributed by atoms with Gasteiger partial charge in [0.2, 0.25) is 0 Å². The summed E-state index contributed by atoms with van der Waals surface area (Å²) in [4.78, 5) is 27.4. The van der Waals surface area contributed by atoms with E-state index in [0.717, 1.165) is 0 Å². The second-order valence-electron chi connectivity index (χ2n) is 7.29. The molecule has 0 saturated carbocycles. The Morgan fingerprint density at radius 1 is 0.909 bits per heavy atom. The molecular formula is C25H23KNO6. The summed E-state index contributed by atoms with van der Waals surface area (Å²) in [5.74, 6) is -0.497. The summed E-state index contributed by atoms with van der Waals surface area (Å²) in [5, 5.41) is 9.97. The third kappa shape index (κ3) is 5.16. The van der Waals surface area contributed by atoms with Crippen LogP contribution in [0.15, 0.2) is 78.9 Å². The van der Waals surface area contributed by atoms with Gasteiger partial charge >= 0.3 is 5.97 Å². The summed E-state index contributed by atoms with van der Waals surface area (Å²) >= 11 is 0. The van der Waals surface area contributed by atoms with Crippen LogP contribution >= 0.6 is 0 Å². The smallest absolute Gasteiger partial charge is 0.335 e. The normalized spacial score (nSPS) is 19.5. The summed E-state index contributed by atoms with van der Waals surface area (Å²) < 4.78 is 16.8. The molecule has 0 spiro atoms. The van der Waals surface area contributed by atoms with Gasteiger partial charge in [-0.25, -0.2) is 4.79 Å². The van der Waals surface area contributed by atoms with Crippen molar-refractivity contribution in [1.82, 2.24) is 4.90 Å². The van der Waals surface area contributed by atoms with Crippen LogP contribution < -0.4 is 9.47 Å². The van der Waals surface area contributed by atoms with Crippen molar-refractivity contribution in [3.8, 4) is 11.5 Å². The van der Waals surface area contributed by atoms with Gasteiger partial charge in [0.25, 0.3) is 5.91 Å². The fourth-order valence-corrected chi connectivity index (χ4v) is 3.96. The summed E-state index contributed by atoms with van der Waals surface area (Å²) in [6.07, 6.45) is -2.24. The second kappa shape index (κ2) is 11.3. The van der Waals surface area contributed by atoms with Crippen molar-refractivity contribution in [1.29, 1.82) is 0 Å². The fourth-order valence-electron chi connectivity index (χ4n) is 3.96. The monoisotopic (exact) mass is 472 g/mol. The van der Waals surface area contributed by atoms with E-state index in [2.05, 4.69) is 0 Å². The number of carboxylic acid groups (broad SMARTS) is 1. The van der Waals surface area contributed by atoms with Gasteiger partial charge in [0.15, 0.2) is 12.3 Å². The Morgan fingerprint density at radius 2 is 1.55 bits per heavy atom. The third-order valence-electron chi connectivity index (χ3n) is 5.46. The van der Waals surface area contributed by atoms with Crippen molar-refractivity contribution in [2.24, 2.45) is 0 Å². The molecule has 1 N–H and O–H groups in total. The van der Waals surface area contributed by atoms with Gasteiger partial charge in [-0.1, -0.05) is 48.5 Å². The van der Waals surface area contributed by atoms with Crippen LogP contribution in [-0.2, 0) is 9.53 Å². The Balaban J connectivity index is 0.00000306. The van der Waals surface area contributed by atoms with Crippen LogP contribution in [0.4, 0.5) is 0 Å². The molecule has 165 valence electrons. The van der Waals surface area contributed by atoms with E-state index in [1.807, 2.05) is 12.1 Å². The number of aliphatic carboxylic acids is 1. The molecule has 3 atom stereocenters. The van der Waals surface area contributed by atoms with E-state index in [1.54, 1.807) is 66.7 Å². The van der Waals surface area contributed by atoms with E-state index < -0.39 is 24.3 Å². The van der Waals surface area contributed by atoms with Crippen LogP contribution in [-0.4, -0.2) is 93.6 Å². The van der Waals surface area contributed by atoms with Crippen LogP contribution in [0.3, 0.4) is 0 Å². The van der Waals surface area contributed by atoms with Crippen molar-refractivity contribution < 1.29 is 28.9 Å². The molecule has 0 bridgehead atoms. The first-order chi connectivity index (χ1) is 15.5. The number of carboxylic acids is 1. The van der Waals surface area contributed by atoms with Crippen molar-refractivity contribution >= 4 is 63.3 Å². The molecule has 1 heterocycles. The Hall–Kier alpha value is -2.20. The number of nitrogens with zero attached hydrogens (tertiary/aromatic N) is 1. The van der Waals surface area contributed by atoms with Gasteiger partial charge in [0.05, 0.1) is 20.3 Å². The van der Waals surface area contributed by atoms with Crippen LogP contribution in [0, 0.1) is 0 Å². The Labute approximate surface area is 234 Å². The van der Waals surface area contributed by atoms with E-state index in [9.17, 15) is 14.7 Å². The minimum Gasteiger partial charge on any atom is -0.497 e. The maximum absolute atomic E-state index is 13.7. The van der Waals surface area contributed by atoms with E-state index in [4.69, 9.17) is 14.2 Å². The molecule has 1 fully saturated rings. The van der Waals surface area contributed by atoms with Gasteiger partial charge < -0.3 is 19.3 Å². The number of ether oxygens (including phenoxy) is 3. The van der Waals surface area contributed by atoms with E-state index in [1.165, 1.54) is 19.1 Å². The van der Waals surface area contributed by atoms with Crippen LogP contribution in [0.2, 0.25) is 0 Å². The molecule has 33 heavy (non-hydrogen) atoms. The average molecular weight is 473 g/mol. The number of hydrogen-bond acceptors (Lipinski definition) is 5. The topological polar surface area (TPSA) is 85.3 Å². The molecular weight excluding hydrogens is 449 g/mol. The van der Waals surface area contributed by atoms with Gasteiger partial charge in [-0.3, -0.25) is 9.69 Å². The number of hydrogen-bond donors (Lipinski definition) is 1. The Bertz CT molecular complexity index is 1110. The molecule has 1 saturated heterocycles. The van der Waals surface area contributed by atoms with Gasteiger partial charge in [0.1, 0.15) is 11.5 Å². The minimum atomic E-state index is -1.26. The molecule has 0 aromatic heterocycles. The predicted molar refractivity (Wildman–Crippen MR) is 122 cm³/mol. The molecule has 7 nitrogen and oxygen atoms in total. The molecule has 3 aromatic carbocycles. The zero-order chi connectivity index (χ0) is 22.7. The van der Waals surface area contributed by atoms with E-state index in [-0.39, 0.29) is 57.3 Å². The summed E-state index contributed by atoms with van der Waals surface area (Å²) in [5.41, 5.74) is 1.63. The number of rotatable bonds is 6. The van der Waals surface area contributed by atoms with Crippen molar-refractivity contribution in [2.45, 2.75) is 18.4 Å². The quantitative estimate of drug-likeness (QED) is 0.551. The van der Waals surface area contributed by atoms with E-state index >= 15 is 0 Å². The average Bonchev–Trinajstić information content (AvgIpc) is 3.25. The molecule has 1 aliphatic rings. The van der Waals surface area contributed by atoms with Gasteiger partial charge in [-0.05, 0) is 29.8 Å². The predicted octanol–water partition coefficient (Wildman–Crippen LogP) is 3.69. The molecule has 1 amide bonds. The maximum Gasteiger partial charge on any atom is 0.335 e. The first kappa shape index (κ1) is 25.4. The number of methoxy groups -OCH3 is 2. The molecule has 1 unspecified atom stereocenters. The number of amides is 1. The largest absolute Gasteiger partial charge is 0.497 e. The standard InChI is InChI=1S/C25H23NO6.K/c1-30-18-13-14-19(20(15-18)31-2)24-26(23(27)17-11-7-4-8-12-17)21(22(32-24)25(28)29)16-9-5-3-6-10-16;/h3-15,21-22,24H,1-2H3,(H,28,29);/t21-,22+,24?;/m0./s1. The summed E-state index contributed by atoms with van der Waals surface area (Å²) in [7, 11) is 3.04. The van der Waals surface area contributed by atoms with Crippen molar-refractivity contribution in [2.75, 3.05) is 14.2 Å². The number of carbonyl (C=O) groups is 2. The third-order valence-corrected chi connectivity index (χ3v) is 5.46. The second-order valence-corrected chi connectivity index (χ2v) is 7.29. The molecule has 0 aliphatic carbocycles. The van der Waals surface area contributed by atoms with E-state index in [0.29, 0.717) is 28.2 Å². The number of benzene rings is 3. The van der Waals surface area contributed by atoms with Crippen molar-refractivity contribution in [3.63, 3.8) is 0 Å². The zero-order valence-electron chi connectivity index (χ0n) is 18.7. The Kier molecular flexibility index (Phi) is 8.69. The van der Waals surface area contributed by atoms with Gasteiger partial charge in [-0.15, -0.1) is 0 Å². The first-order valence-corrected chi connectivity index (χ1v) is 10.1. The maximum atomic E-state index is 13.7. The van der Waals surface area contributed by atoms with Crippen LogP contribution in [0.25, 0.3) is 0 Å². The summed E-state index contributed by atoms with van der Waals surface area (Å²) in [6.45, 7) is 0. The first-order valence-electron chi connectivity index (χ1n) is 10.1. The minimum absolute atomic E-state index is 0. The Morgan fingerprint density at radius 3 is 2.12 bits per heavy atom. The molecule has 4 rings (SSSR count). The molecule has 1 aliphatic heterocycles. The zero-order valence-corrected chi connectivity index (χ0v) is 21.8. The van der Waals surface area contributed by atoms with Crippen LogP contribution in [0.5, 0.6) is 11.5 Å².